The van der Waals surface area contributed by atoms with Crippen LogP contribution in [-0.4, -0.2) is 21.5 Å². The molecule has 5 heteroatoms. The number of hydroxylamine groups is 2. The average Bonchev–Trinajstić information content (AvgIpc) is 2.78. The fourth-order valence-corrected chi connectivity index (χ4v) is 3.79. The zero-order chi connectivity index (χ0) is 12.0. The van der Waals surface area contributed by atoms with Crippen molar-refractivity contribution in [3.8, 4) is 0 Å². The van der Waals surface area contributed by atoms with E-state index in [0.29, 0.717) is 5.92 Å². The second-order valence-corrected chi connectivity index (χ2v) is 7.27. The van der Waals surface area contributed by atoms with Crippen LogP contribution in [0.5, 0.6) is 0 Å². The molecule has 0 aromatic carbocycles. The summed E-state index contributed by atoms with van der Waals surface area (Å²) < 4.78 is -0.651. The molecule has 3 rings (SSSR count). The Morgan fingerprint density at radius 1 is 1.24 bits per heavy atom. The number of hydrogen-bond acceptors (Lipinski definition) is 2. The molecule has 17 heavy (non-hydrogen) atoms. The van der Waals surface area contributed by atoms with Crippen LogP contribution < -0.4 is 0 Å². The third-order valence-corrected chi connectivity index (χ3v) is 5.17. The Morgan fingerprint density at radius 2 is 1.88 bits per heavy atom. The number of nitrogens with zero attached hydrogens (tertiary/aromatic N) is 1. The minimum absolute atomic E-state index is 0.0882. The van der Waals surface area contributed by atoms with E-state index in [1.165, 1.54) is 32.1 Å². The van der Waals surface area contributed by atoms with E-state index in [4.69, 9.17) is 39.6 Å². The molecule has 0 bridgehead atoms. The minimum Gasteiger partial charge on any atom is -0.411 e. The van der Waals surface area contributed by atoms with Gasteiger partial charge in [-0.3, -0.25) is 0 Å². The summed E-state index contributed by atoms with van der Waals surface area (Å²) in [5.41, 5.74) is 0. The summed E-state index contributed by atoms with van der Waals surface area (Å²) in [6.45, 7) is 0. The third-order valence-electron chi connectivity index (χ3n) is 4.04. The number of hydrogen-bond donors (Lipinski definition) is 0. The summed E-state index contributed by atoms with van der Waals surface area (Å²) >= 11 is 18.5. The third kappa shape index (κ3) is 2.30. The zero-order valence-corrected chi connectivity index (χ0v) is 11.8. The molecule has 0 saturated heterocycles. The molecule has 2 nitrogen and oxygen atoms in total. The van der Waals surface area contributed by atoms with Gasteiger partial charge in [0.05, 0.1) is 17.1 Å². The SMILES string of the molecule is ClC1=CON(C2CC2(Cl)Cl)C1C1CCCCC1. The van der Waals surface area contributed by atoms with E-state index >= 15 is 0 Å². The van der Waals surface area contributed by atoms with Crippen LogP contribution in [0, 0.1) is 5.92 Å². The van der Waals surface area contributed by atoms with Gasteiger partial charge < -0.3 is 4.84 Å². The average molecular weight is 297 g/mol. The Morgan fingerprint density at radius 3 is 2.47 bits per heavy atom. The second kappa shape index (κ2) is 4.48. The van der Waals surface area contributed by atoms with Crippen LogP contribution in [0.3, 0.4) is 0 Å². The Bertz CT molecular complexity index is 339. The van der Waals surface area contributed by atoms with Gasteiger partial charge in [0.1, 0.15) is 10.6 Å². The van der Waals surface area contributed by atoms with Crippen LogP contribution in [0.15, 0.2) is 11.3 Å². The monoisotopic (exact) mass is 295 g/mol. The summed E-state index contributed by atoms with van der Waals surface area (Å²) in [6.07, 6.45) is 8.76. The molecule has 1 heterocycles. The highest BCUT2D eigenvalue weighted by molar-refractivity contribution is 6.51. The van der Waals surface area contributed by atoms with Crippen molar-refractivity contribution in [2.24, 2.45) is 5.92 Å². The van der Waals surface area contributed by atoms with Crippen molar-refractivity contribution in [2.45, 2.75) is 54.9 Å². The van der Waals surface area contributed by atoms with Crippen LogP contribution in [0.4, 0.5) is 0 Å². The minimum atomic E-state index is -0.651. The molecule has 0 spiro atoms. The van der Waals surface area contributed by atoms with Crippen molar-refractivity contribution < 1.29 is 4.84 Å². The van der Waals surface area contributed by atoms with Crippen LogP contribution >= 0.6 is 34.8 Å². The molecular weight excluding hydrogens is 280 g/mol. The van der Waals surface area contributed by atoms with Crippen molar-refractivity contribution in [3.63, 3.8) is 0 Å². The summed E-state index contributed by atoms with van der Waals surface area (Å²) in [7, 11) is 0. The molecule has 0 aromatic heterocycles. The Kier molecular flexibility index (Phi) is 3.27. The highest BCUT2D eigenvalue weighted by Crippen LogP contribution is 2.53. The van der Waals surface area contributed by atoms with E-state index in [9.17, 15) is 0 Å². The van der Waals surface area contributed by atoms with Crippen molar-refractivity contribution >= 4 is 34.8 Å². The van der Waals surface area contributed by atoms with Crippen molar-refractivity contribution in [3.05, 3.63) is 11.3 Å². The van der Waals surface area contributed by atoms with Gasteiger partial charge in [0.25, 0.3) is 0 Å². The standard InChI is InChI=1S/C12H16Cl3NO/c13-9-7-17-16(10-6-12(10,14)15)11(9)8-4-2-1-3-5-8/h7-8,10-11H,1-6H2. The first-order valence-electron chi connectivity index (χ1n) is 6.28. The van der Waals surface area contributed by atoms with Crippen LogP contribution in [0.1, 0.15) is 38.5 Å². The molecule has 2 fully saturated rings. The van der Waals surface area contributed by atoms with Crippen LogP contribution in [0.25, 0.3) is 0 Å². The lowest BCUT2D eigenvalue weighted by Gasteiger charge is -2.33. The largest absolute Gasteiger partial charge is 0.411 e. The fourth-order valence-electron chi connectivity index (χ4n) is 2.99. The lowest BCUT2D eigenvalue weighted by atomic mass is 9.83. The molecule has 2 unspecified atom stereocenters. The smallest absolute Gasteiger partial charge is 0.138 e. The van der Waals surface area contributed by atoms with E-state index in [0.717, 1.165) is 11.5 Å². The maximum absolute atomic E-state index is 6.28. The molecule has 2 saturated carbocycles. The van der Waals surface area contributed by atoms with Gasteiger partial charge in [0.2, 0.25) is 0 Å². The fraction of sp³-hybridized carbons (Fsp3) is 0.833. The Hall–Kier alpha value is 0.370. The van der Waals surface area contributed by atoms with Gasteiger partial charge >= 0.3 is 0 Å². The van der Waals surface area contributed by atoms with E-state index in [-0.39, 0.29) is 12.1 Å². The molecule has 0 radical (unpaired) electrons. The second-order valence-electron chi connectivity index (χ2n) is 5.29. The summed E-state index contributed by atoms with van der Waals surface area (Å²) in [4.78, 5) is 5.56. The quantitative estimate of drug-likeness (QED) is 0.708. The van der Waals surface area contributed by atoms with Gasteiger partial charge in [0, 0.05) is 6.42 Å². The van der Waals surface area contributed by atoms with Gasteiger partial charge in [-0.25, -0.2) is 0 Å². The maximum atomic E-state index is 6.28. The van der Waals surface area contributed by atoms with E-state index in [2.05, 4.69) is 0 Å². The molecule has 3 aliphatic rings. The van der Waals surface area contributed by atoms with Crippen molar-refractivity contribution in [1.29, 1.82) is 0 Å². The molecule has 1 aliphatic heterocycles. The normalized spacial score (nSPS) is 37.7. The summed E-state index contributed by atoms with van der Waals surface area (Å²) in [6, 6.07) is 0.256. The predicted molar refractivity (Wildman–Crippen MR) is 70.1 cm³/mol. The molecule has 2 atom stereocenters. The highest BCUT2D eigenvalue weighted by Gasteiger charge is 2.60. The Labute approximate surface area is 117 Å². The van der Waals surface area contributed by atoms with Gasteiger partial charge in [-0.05, 0) is 18.8 Å². The molecule has 0 N–H and O–H groups in total. The first-order chi connectivity index (χ1) is 8.09. The lowest BCUT2D eigenvalue weighted by Crippen LogP contribution is -2.40. The van der Waals surface area contributed by atoms with E-state index in [1.54, 1.807) is 6.26 Å². The topological polar surface area (TPSA) is 12.5 Å². The number of halogens is 3. The molecular formula is C12H16Cl3NO. The molecule has 0 amide bonds. The summed E-state index contributed by atoms with van der Waals surface area (Å²) in [5, 5.41) is 2.73. The maximum Gasteiger partial charge on any atom is 0.138 e. The molecule has 0 aromatic rings. The molecule has 96 valence electrons. The molecule has 2 aliphatic carbocycles. The predicted octanol–water partition coefficient (Wildman–Crippen LogP) is 4.21. The lowest BCUT2D eigenvalue weighted by molar-refractivity contribution is -0.127. The first-order valence-corrected chi connectivity index (χ1v) is 7.41. The highest BCUT2D eigenvalue weighted by atomic mass is 35.5. The van der Waals surface area contributed by atoms with Gasteiger partial charge in [-0.2, -0.15) is 0 Å². The number of alkyl halides is 2. The first kappa shape index (κ1) is 12.4. The zero-order valence-electron chi connectivity index (χ0n) is 9.54. The van der Waals surface area contributed by atoms with Crippen molar-refractivity contribution in [2.75, 3.05) is 0 Å². The Balaban J connectivity index is 1.73. The van der Waals surface area contributed by atoms with Crippen LogP contribution in [0.2, 0.25) is 0 Å². The van der Waals surface area contributed by atoms with E-state index in [1.807, 2.05) is 5.06 Å². The van der Waals surface area contributed by atoms with Crippen LogP contribution in [-0.2, 0) is 4.84 Å². The van der Waals surface area contributed by atoms with Gasteiger partial charge in [0.15, 0.2) is 0 Å². The van der Waals surface area contributed by atoms with E-state index < -0.39 is 4.33 Å². The summed E-state index contributed by atoms with van der Waals surface area (Å²) in [5.74, 6) is 0.583. The van der Waals surface area contributed by atoms with Gasteiger partial charge in [-0.1, -0.05) is 54.1 Å². The number of rotatable bonds is 2. The van der Waals surface area contributed by atoms with Gasteiger partial charge in [-0.15, -0.1) is 5.06 Å². The van der Waals surface area contributed by atoms with Crippen molar-refractivity contribution in [1.82, 2.24) is 5.06 Å².